The fraction of sp³-hybridized carbons (Fsp3) is 0.478. The van der Waals surface area contributed by atoms with Crippen molar-refractivity contribution in [2.24, 2.45) is 20.7 Å². The van der Waals surface area contributed by atoms with Gasteiger partial charge >= 0.3 is 0 Å². The smallest absolute Gasteiger partial charge is 0.186 e. The quantitative estimate of drug-likeness (QED) is 0.563. The van der Waals surface area contributed by atoms with Crippen LogP contribution in [0, 0.1) is 0 Å². The summed E-state index contributed by atoms with van der Waals surface area (Å²) in [4.78, 5) is 19.7. The maximum absolute atomic E-state index is 6.15. The van der Waals surface area contributed by atoms with E-state index in [9.17, 15) is 0 Å². The highest BCUT2D eigenvalue weighted by Gasteiger charge is 2.34. The maximum atomic E-state index is 6.15. The number of fused-ring (bicyclic) bond motifs is 3. The third-order valence-corrected chi connectivity index (χ3v) is 6.69. The summed E-state index contributed by atoms with van der Waals surface area (Å²) in [6, 6.07) is 6.47. The Labute approximate surface area is 187 Å². The normalized spacial score (nSPS) is 21.8. The van der Waals surface area contributed by atoms with Crippen LogP contribution < -0.4 is 15.8 Å². The van der Waals surface area contributed by atoms with E-state index in [1.165, 1.54) is 4.88 Å². The molecule has 1 fully saturated rings. The fourth-order valence-corrected chi connectivity index (χ4v) is 5.11. The Morgan fingerprint density at radius 2 is 2.23 bits per heavy atom. The van der Waals surface area contributed by atoms with Crippen LogP contribution in [0.2, 0.25) is 0 Å². The number of aromatic nitrogens is 1. The number of aliphatic imine (C=N–C) groups is 3. The lowest BCUT2D eigenvalue weighted by Gasteiger charge is -2.34. The Morgan fingerprint density at radius 1 is 1.39 bits per heavy atom. The Morgan fingerprint density at radius 3 is 2.90 bits per heavy atom. The van der Waals surface area contributed by atoms with Crippen molar-refractivity contribution in [2.75, 3.05) is 19.7 Å². The Kier molecular flexibility index (Phi) is 6.20. The van der Waals surface area contributed by atoms with Gasteiger partial charge in [0.05, 0.1) is 23.7 Å². The van der Waals surface area contributed by atoms with Crippen LogP contribution in [0.15, 0.2) is 33.2 Å². The molecule has 31 heavy (non-hydrogen) atoms. The van der Waals surface area contributed by atoms with Crippen molar-refractivity contribution in [3.63, 3.8) is 0 Å². The third kappa shape index (κ3) is 4.41. The fourth-order valence-electron chi connectivity index (χ4n) is 4.11. The number of hydrogen-bond donors (Lipinski definition) is 2. The van der Waals surface area contributed by atoms with E-state index in [1.54, 1.807) is 18.3 Å². The average molecular weight is 439 g/mol. The summed E-state index contributed by atoms with van der Waals surface area (Å²) in [5.41, 5.74) is 8.63. The van der Waals surface area contributed by atoms with Crippen LogP contribution in [0.5, 0.6) is 5.75 Å². The Balaban J connectivity index is 1.76. The van der Waals surface area contributed by atoms with Crippen LogP contribution in [0.25, 0.3) is 11.3 Å². The second kappa shape index (κ2) is 8.88. The molecule has 0 aliphatic carbocycles. The summed E-state index contributed by atoms with van der Waals surface area (Å²) in [7, 11) is 0. The molecule has 0 amide bonds. The highest BCUT2D eigenvalue weighted by atomic mass is 32.1. The second-order valence-electron chi connectivity index (χ2n) is 8.37. The van der Waals surface area contributed by atoms with Crippen LogP contribution in [0.4, 0.5) is 0 Å². The minimum absolute atomic E-state index is 0.103. The first kappa shape index (κ1) is 21.6. The standard InChI is InChI=1S/C23H30N6OS/c1-14(2)27-21(28-15(3)24)22-29-20-17-7-6-16(23(25-4)9-5-10-26-13-23)12-18(17)30-11-8-19(20)31-22/h6-7,12,14,26H,4-5,8-11,13H2,1-3H3,(H2,24,27,28). The number of thiazole rings is 1. The van der Waals surface area contributed by atoms with Gasteiger partial charge in [-0.25, -0.2) is 9.98 Å². The number of ether oxygens (including phenoxy) is 1. The molecule has 0 saturated carbocycles. The molecule has 7 nitrogen and oxygen atoms in total. The first-order valence-electron chi connectivity index (χ1n) is 10.8. The average Bonchev–Trinajstić information content (AvgIpc) is 3.09. The number of piperidine rings is 1. The van der Waals surface area contributed by atoms with E-state index in [4.69, 9.17) is 15.5 Å². The van der Waals surface area contributed by atoms with Gasteiger partial charge in [-0.1, -0.05) is 6.07 Å². The first-order valence-corrected chi connectivity index (χ1v) is 11.6. The highest BCUT2D eigenvalue weighted by Crippen LogP contribution is 2.41. The van der Waals surface area contributed by atoms with Gasteiger partial charge in [-0.3, -0.25) is 9.98 Å². The van der Waals surface area contributed by atoms with Crippen molar-refractivity contribution in [3.8, 4) is 17.0 Å². The zero-order chi connectivity index (χ0) is 22.0. The summed E-state index contributed by atoms with van der Waals surface area (Å²) >= 11 is 1.62. The Hall–Kier alpha value is -2.58. The predicted molar refractivity (Wildman–Crippen MR) is 129 cm³/mol. The summed E-state index contributed by atoms with van der Waals surface area (Å²) in [6.45, 7) is 12.1. The van der Waals surface area contributed by atoms with Gasteiger partial charge in [-0.15, -0.1) is 11.3 Å². The van der Waals surface area contributed by atoms with E-state index >= 15 is 0 Å². The maximum Gasteiger partial charge on any atom is 0.186 e. The van der Waals surface area contributed by atoms with Crippen LogP contribution in [-0.2, 0) is 12.0 Å². The van der Waals surface area contributed by atoms with Gasteiger partial charge < -0.3 is 15.8 Å². The summed E-state index contributed by atoms with van der Waals surface area (Å²) in [5, 5.41) is 4.25. The van der Waals surface area contributed by atoms with E-state index in [1.807, 2.05) is 13.8 Å². The molecule has 3 heterocycles. The lowest BCUT2D eigenvalue weighted by atomic mass is 9.83. The van der Waals surface area contributed by atoms with Gasteiger partial charge in [0.2, 0.25) is 0 Å². The molecule has 1 aromatic carbocycles. The van der Waals surface area contributed by atoms with Crippen LogP contribution >= 0.6 is 11.3 Å². The van der Waals surface area contributed by atoms with E-state index < -0.39 is 0 Å². The van der Waals surface area contributed by atoms with Gasteiger partial charge in [0, 0.05) is 29.4 Å². The first-order chi connectivity index (χ1) is 14.9. The number of rotatable bonds is 4. The molecule has 0 radical (unpaired) electrons. The predicted octanol–water partition coefficient (Wildman–Crippen LogP) is 3.56. The van der Waals surface area contributed by atoms with E-state index in [-0.39, 0.29) is 11.6 Å². The van der Waals surface area contributed by atoms with Crippen molar-refractivity contribution in [1.29, 1.82) is 0 Å². The molecule has 2 aliphatic heterocycles. The molecule has 2 aliphatic rings. The number of nitrogens with one attached hydrogen (secondary N) is 1. The van der Waals surface area contributed by atoms with Gasteiger partial charge in [-0.05, 0) is 64.6 Å². The monoisotopic (exact) mass is 438 g/mol. The van der Waals surface area contributed by atoms with Crippen LogP contribution in [-0.4, -0.2) is 49.1 Å². The molecule has 4 rings (SSSR count). The van der Waals surface area contributed by atoms with Crippen molar-refractivity contribution in [2.45, 2.75) is 51.6 Å². The molecule has 8 heteroatoms. The molecule has 0 spiro atoms. The van der Waals surface area contributed by atoms with Crippen molar-refractivity contribution in [1.82, 2.24) is 10.3 Å². The van der Waals surface area contributed by atoms with E-state index in [0.717, 1.165) is 59.9 Å². The molecule has 2 aromatic rings. The van der Waals surface area contributed by atoms with Crippen molar-refractivity contribution < 1.29 is 4.74 Å². The molecular weight excluding hydrogens is 408 g/mol. The second-order valence-corrected chi connectivity index (χ2v) is 9.45. The number of hydrogen-bond acceptors (Lipinski definition) is 6. The van der Waals surface area contributed by atoms with Crippen LogP contribution in [0.1, 0.15) is 49.1 Å². The van der Waals surface area contributed by atoms with Gasteiger partial charge in [0.25, 0.3) is 0 Å². The number of nitrogens with two attached hydrogens (primary N) is 1. The lowest BCUT2D eigenvalue weighted by Crippen LogP contribution is -2.41. The molecule has 164 valence electrons. The highest BCUT2D eigenvalue weighted by molar-refractivity contribution is 7.14. The molecule has 1 unspecified atom stereocenters. The molecule has 0 bridgehead atoms. The Bertz CT molecular complexity index is 1030. The largest absolute Gasteiger partial charge is 0.492 e. The molecule has 3 N–H and O–H groups in total. The molecular formula is C23H30N6OS. The van der Waals surface area contributed by atoms with Crippen LogP contribution in [0.3, 0.4) is 0 Å². The number of benzene rings is 1. The minimum Gasteiger partial charge on any atom is -0.492 e. The van der Waals surface area contributed by atoms with Gasteiger partial charge in [-0.2, -0.15) is 0 Å². The molecule has 1 atom stereocenters. The van der Waals surface area contributed by atoms with Gasteiger partial charge in [0.15, 0.2) is 10.8 Å². The summed E-state index contributed by atoms with van der Waals surface area (Å²) in [5.74, 6) is 1.92. The van der Waals surface area contributed by atoms with Gasteiger partial charge in [0.1, 0.15) is 5.75 Å². The number of amidine groups is 2. The zero-order valence-corrected chi connectivity index (χ0v) is 19.3. The molecule has 1 aromatic heterocycles. The zero-order valence-electron chi connectivity index (χ0n) is 18.4. The summed E-state index contributed by atoms with van der Waals surface area (Å²) < 4.78 is 6.15. The third-order valence-electron chi connectivity index (χ3n) is 5.58. The lowest BCUT2D eigenvalue weighted by molar-refractivity contribution is 0.314. The summed E-state index contributed by atoms with van der Waals surface area (Å²) in [6.07, 6.45) is 2.86. The van der Waals surface area contributed by atoms with Crippen molar-refractivity contribution >= 4 is 29.7 Å². The SMILES string of the molecule is C=NC1(c2ccc3c(c2)OCCc2sc(C(N=C(C)N)=NC(C)C)nc2-3)CCCNC1. The van der Waals surface area contributed by atoms with Crippen molar-refractivity contribution in [3.05, 3.63) is 33.6 Å². The minimum atomic E-state index is -0.302. The molecule has 1 saturated heterocycles. The topological polar surface area (TPSA) is 97.2 Å². The number of nitrogens with zero attached hydrogens (tertiary/aromatic N) is 4. The van der Waals surface area contributed by atoms with E-state index in [2.05, 4.69) is 45.2 Å². The van der Waals surface area contributed by atoms with E-state index in [0.29, 0.717) is 18.3 Å².